The Hall–Kier alpha value is -3.42. The average Bonchev–Trinajstić information content (AvgIpc) is 2.91. The summed E-state index contributed by atoms with van der Waals surface area (Å²) in [6.45, 7) is 6.50. The summed E-state index contributed by atoms with van der Waals surface area (Å²) in [4.78, 5) is 20.7. The maximum Gasteiger partial charge on any atom is 0.251 e. The number of rotatable bonds is 5. The number of aryl methyl sites for hydroxylation is 2. The first-order valence-corrected chi connectivity index (χ1v) is 8.64. The summed E-state index contributed by atoms with van der Waals surface area (Å²) in [6.07, 6.45) is 0. The molecule has 3 rings (SSSR count). The summed E-state index contributed by atoms with van der Waals surface area (Å²) >= 11 is 0. The largest absolute Gasteiger partial charge is 0.384 e. The van der Waals surface area contributed by atoms with E-state index in [1.165, 1.54) is 0 Å². The van der Waals surface area contributed by atoms with Gasteiger partial charge in [0.05, 0.1) is 17.9 Å². The van der Waals surface area contributed by atoms with Crippen LogP contribution in [-0.4, -0.2) is 31.7 Å². The van der Waals surface area contributed by atoms with Gasteiger partial charge >= 0.3 is 0 Å². The van der Waals surface area contributed by atoms with Gasteiger partial charge in [-0.1, -0.05) is 12.1 Å². The molecule has 2 heterocycles. The van der Waals surface area contributed by atoms with Crippen molar-refractivity contribution in [1.29, 1.82) is 0 Å². The summed E-state index contributed by atoms with van der Waals surface area (Å²) in [5.41, 5.74) is 15.3. The van der Waals surface area contributed by atoms with Crippen molar-refractivity contribution in [2.24, 2.45) is 0 Å². The van der Waals surface area contributed by atoms with Crippen molar-refractivity contribution in [2.75, 3.05) is 11.5 Å². The topological polar surface area (TPSA) is 125 Å². The molecule has 8 heteroatoms. The molecule has 1 unspecified atom stereocenters. The summed E-state index contributed by atoms with van der Waals surface area (Å²) in [5.74, 6) is 0.213. The van der Waals surface area contributed by atoms with Gasteiger partial charge in [-0.25, -0.2) is 4.98 Å². The number of amides is 1. The number of aromatic nitrogens is 4. The minimum atomic E-state index is -0.166. The van der Waals surface area contributed by atoms with Crippen molar-refractivity contribution >= 4 is 17.7 Å². The van der Waals surface area contributed by atoms with E-state index in [9.17, 15) is 4.79 Å². The molecular weight excluding hydrogens is 342 g/mol. The standard InChI is InChI=1S/C19H23N7O/c1-11-7-13(3)26(25-11)10-12(2)22-18(27)15-6-4-5-14(8-15)16-9-17(20)24-19(21)23-16/h4-9,12H,10H2,1-3H3,(H,22,27)(H4,20,21,23,24). The second-order valence-corrected chi connectivity index (χ2v) is 6.60. The Kier molecular flexibility index (Phi) is 5.07. The number of nitrogen functional groups attached to an aromatic ring is 2. The number of hydrogen-bond donors (Lipinski definition) is 3. The van der Waals surface area contributed by atoms with Gasteiger partial charge in [0, 0.05) is 28.9 Å². The monoisotopic (exact) mass is 365 g/mol. The van der Waals surface area contributed by atoms with Crippen LogP contribution in [0.25, 0.3) is 11.3 Å². The highest BCUT2D eigenvalue weighted by Crippen LogP contribution is 2.20. The van der Waals surface area contributed by atoms with Crippen LogP contribution in [0.1, 0.15) is 28.7 Å². The highest BCUT2D eigenvalue weighted by molar-refractivity contribution is 5.95. The number of nitrogens with two attached hydrogens (primary N) is 2. The zero-order valence-electron chi connectivity index (χ0n) is 15.6. The Morgan fingerprint density at radius 3 is 2.63 bits per heavy atom. The molecule has 0 aliphatic rings. The van der Waals surface area contributed by atoms with E-state index >= 15 is 0 Å². The number of nitrogens with one attached hydrogen (secondary N) is 1. The van der Waals surface area contributed by atoms with E-state index in [4.69, 9.17) is 11.5 Å². The maximum absolute atomic E-state index is 12.6. The molecule has 1 aromatic carbocycles. The van der Waals surface area contributed by atoms with E-state index in [0.717, 1.165) is 17.0 Å². The molecule has 1 amide bonds. The van der Waals surface area contributed by atoms with Crippen LogP contribution < -0.4 is 16.8 Å². The van der Waals surface area contributed by atoms with Gasteiger partial charge in [0.2, 0.25) is 5.95 Å². The molecule has 0 radical (unpaired) electrons. The van der Waals surface area contributed by atoms with Crippen molar-refractivity contribution < 1.29 is 4.79 Å². The van der Waals surface area contributed by atoms with Crippen molar-refractivity contribution in [3.05, 3.63) is 53.3 Å². The Labute approximate surface area is 157 Å². The fourth-order valence-corrected chi connectivity index (χ4v) is 2.92. The van der Waals surface area contributed by atoms with E-state index in [2.05, 4.69) is 20.4 Å². The summed E-state index contributed by atoms with van der Waals surface area (Å²) in [5, 5.41) is 7.43. The van der Waals surface area contributed by atoms with Crippen LogP contribution in [0.2, 0.25) is 0 Å². The zero-order valence-corrected chi connectivity index (χ0v) is 15.6. The highest BCUT2D eigenvalue weighted by atomic mass is 16.1. The molecule has 0 bridgehead atoms. The van der Waals surface area contributed by atoms with Crippen LogP contribution in [0.15, 0.2) is 36.4 Å². The molecule has 27 heavy (non-hydrogen) atoms. The summed E-state index contributed by atoms with van der Waals surface area (Å²) in [6, 6.07) is 10.7. The maximum atomic E-state index is 12.6. The molecule has 5 N–H and O–H groups in total. The number of nitrogens with zero attached hydrogens (tertiary/aromatic N) is 4. The Morgan fingerprint density at radius 1 is 1.19 bits per heavy atom. The first-order valence-electron chi connectivity index (χ1n) is 8.64. The van der Waals surface area contributed by atoms with Crippen LogP contribution in [0.3, 0.4) is 0 Å². The van der Waals surface area contributed by atoms with Crippen LogP contribution in [0.5, 0.6) is 0 Å². The molecule has 0 saturated heterocycles. The predicted octanol–water partition coefficient (Wildman–Crippen LogP) is 1.94. The van der Waals surface area contributed by atoms with Crippen molar-refractivity contribution in [2.45, 2.75) is 33.4 Å². The zero-order chi connectivity index (χ0) is 19.6. The third-order valence-corrected chi connectivity index (χ3v) is 4.11. The Balaban J connectivity index is 1.74. The molecule has 0 spiro atoms. The number of hydrogen-bond acceptors (Lipinski definition) is 6. The lowest BCUT2D eigenvalue weighted by Gasteiger charge is -2.15. The summed E-state index contributed by atoms with van der Waals surface area (Å²) < 4.78 is 1.89. The first kappa shape index (κ1) is 18.4. The lowest BCUT2D eigenvalue weighted by atomic mass is 10.1. The van der Waals surface area contributed by atoms with Gasteiger partial charge in [-0.3, -0.25) is 9.48 Å². The summed E-state index contributed by atoms with van der Waals surface area (Å²) in [7, 11) is 0. The molecule has 0 saturated carbocycles. The minimum absolute atomic E-state index is 0.0792. The quantitative estimate of drug-likeness (QED) is 0.634. The fraction of sp³-hybridized carbons (Fsp3) is 0.263. The van der Waals surface area contributed by atoms with Gasteiger partial charge in [-0.05, 0) is 39.0 Å². The van der Waals surface area contributed by atoms with Crippen LogP contribution in [-0.2, 0) is 6.54 Å². The average molecular weight is 365 g/mol. The van der Waals surface area contributed by atoms with E-state index in [1.54, 1.807) is 24.3 Å². The van der Waals surface area contributed by atoms with E-state index in [0.29, 0.717) is 17.8 Å². The molecule has 1 atom stereocenters. The lowest BCUT2D eigenvalue weighted by Crippen LogP contribution is -2.36. The number of anilines is 2. The Morgan fingerprint density at radius 2 is 1.96 bits per heavy atom. The van der Waals surface area contributed by atoms with E-state index in [1.807, 2.05) is 37.6 Å². The van der Waals surface area contributed by atoms with E-state index in [-0.39, 0.29) is 23.7 Å². The highest BCUT2D eigenvalue weighted by Gasteiger charge is 2.13. The van der Waals surface area contributed by atoms with Crippen LogP contribution in [0.4, 0.5) is 11.8 Å². The van der Waals surface area contributed by atoms with Crippen molar-refractivity contribution in [1.82, 2.24) is 25.1 Å². The van der Waals surface area contributed by atoms with Crippen LogP contribution in [0, 0.1) is 13.8 Å². The predicted molar refractivity (Wildman–Crippen MR) is 105 cm³/mol. The number of carbonyl (C=O) groups is 1. The van der Waals surface area contributed by atoms with Gasteiger partial charge in [0.1, 0.15) is 5.82 Å². The van der Waals surface area contributed by atoms with Crippen LogP contribution >= 0.6 is 0 Å². The van der Waals surface area contributed by atoms with Gasteiger partial charge in [-0.15, -0.1) is 0 Å². The molecule has 0 aliphatic heterocycles. The van der Waals surface area contributed by atoms with Gasteiger partial charge in [0.15, 0.2) is 0 Å². The normalized spacial score (nSPS) is 12.0. The number of carbonyl (C=O) groups excluding carboxylic acids is 1. The van der Waals surface area contributed by atoms with E-state index < -0.39 is 0 Å². The van der Waals surface area contributed by atoms with Gasteiger partial charge in [-0.2, -0.15) is 10.1 Å². The molecule has 0 aliphatic carbocycles. The third-order valence-electron chi connectivity index (χ3n) is 4.11. The molecule has 0 fully saturated rings. The Bertz CT molecular complexity index is 960. The molecule has 8 nitrogen and oxygen atoms in total. The fourth-order valence-electron chi connectivity index (χ4n) is 2.92. The lowest BCUT2D eigenvalue weighted by molar-refractivity contribution is 0.0936. The molecular formula is C19H23N7O. The second kappa shape index (κ2) is 7.45. The molecule has 2 aromatic heterocycles. The third kappa shape index (κ3) is 4.41. The second-order valence-electron chi connectivity index (χ2n) is 6.60. The smallest absolute Gasteiger partial charge is 0.251 e. The SMILES string of the molecule is Cc1cc(C)n(CC(C)NC(=O)c2cccc(-c3cc(N)nc(N)n3)c2)n1. The molecule has 3 aromatic rings. The van der Waals surface area contributed by atoms with Gasteiger partial charge < -0.3 is 16.8 Å². The van der Waals surface area contributed by atoms with Gasteiger partial charge in [0.25, 0.3) is 5.91 Å². The number of benzene rings is 1. The first-order chi connectivity index (χ1) is 12.8. The van der Waals surface area contributed by atoms with Crippen molar-refractivity contribution in [3.63, 3.8) is 0 Å². The molecule has 140 valence electrons. The minimum Gasteiger partial charge on any atom is -0.384 e. The van der Waals surface area contributed by atoms with Crippen molar-refractivity contribution in [3.8, 4) is 11.3 Å².